The van der Waals surface area contributed by atoms with Crippen LogP contribution in [0.1, 0.15) is 11.1 Å². The Balaban J connectivity index is 3.01. The highest BCUT2D eigenvalue weighted by Crippen LogP contribution is 2.09. The standard InChI is InChI=1S/C11H7FN2O/c12-10-7-8(5-6-13)1-2-9(10)3-4-11(14)15/h1-2,7H,5H2,(H2,14,15). The molecule has 0 bridgehead atoms. The lowest BCUT2D eigenvalue weighted by molar-refractivity contribution is -0.112. The minimum atomic E-state index is -0.810. The lowest BCUT2D eigenvalue weighted by Crippen LogP contribution is -2.06. The van der Waals surface area contributed by atoms with Crippen molar-refractivity contribution in [3.05, 3.63) is 35.1 Å². The summed E-state index contributed by atoms with van der Waals surface area (Å²) in [7, 11) is 0. The lowest BCUT2D eigenvalue weighted by Gasteiger charge is -1.97. The zero-order chi connectivity index (χ0) is 11.3. The largest absolute Gasteiger partial charge is 0.359 e. The summed E-state index contributed by atoms with van der Waals surface area (Å²) >= 11 is 0. The molecule has 74 valence electrons. The van der Waals surface area contributed by atoms with Crippen LogP contribution in [0.3, 0.4) is 0 Å². The van der Waals surface area contributed by atoms with E-state index in [0.29, 0.717) is 5.56 Å². The van der Waals surface area contributed by atoms with Crippen molar-refractivity contribution in [2.24, 2.45) is 5.73 Å². The monoisotopic (exact) mass is 202 g/mol. The lowest BCUT2D eigenvalue weighted by atomic mass is 10.1. The van der Waals surface area contributed by atoms with Crippen LogP contribution in [-0.2, 0) is 11.2 Å². The molecule has 1 aromatic carbocycles. The predicted octanol–water partition coefficient (Wildman–Crippen LogP) is 0.729. The Labute approximate surface area is 86.3 Å². The molecule has 2 N–H and O–H groups in total. The number of rotatable bonds is 1. The molecule has 4 heteroatoms. The molecule has 0 heterocycles. The summed E-state index contributed by atoms with van der Waals surface area (Å²) in [4.78, 5) is 10.3. The molecule has 0 aliphatic carbocycles. The SMILES string of the molecule is N#CCc1ccc(C#CC(N)=O)c(F)c1. The van der Waals surface area contributed by atoms with Gasteiger partial charge >= 0.3 is 0 Å². The number of hydrogen-bond donors (Lipinski definition) is 1. The summed E-state index contributed by atoms with van der Waals surface area (Å²) in [5.74, 6) is 2.97. The molecule has 0 radical (unpaired) electrons. The highest BCUT2D eigenvalue weighted by Gasteiger charge is 2.00. The van der Waals surface area contributed by atoms with Gasteiger partial charge in [-0.2, -0.15) is 5.26 Å². The molecule has 0 aliphatic heterocycles. The molecule has 15 heavy (non-hydrogen) atoms. The van der Waals surface area contributed by atoms with Crippen LogP contribution >= 0.6 is 0 Å². The van der Waals surface area contributed by atoms with Gasteiger partial charge in [0.25, 0.3) is 5.91 Å². The quantitative estimate of drug-likeness (QED) is 0.682. The topological polar surface area (TPSA) is 66.9 Å². The molecule has 3 nitrogen and oxygen atoms in total. The van der Waals surface area contributed by atoms with Crippen molar-refractivity contribution in [2.45, 2.75) is 6.42 Å². The van der Waals surface area contributed by atoms with Crippen molar-refractivity contribution in [1.29, 1.82) is 5.26 Å². The van der Waals surface area contributed by atoms with E-state index in [1.165, 1.54) is 12.1 Å². The van der Waals surface area contributed by atoms with E-state index in [1.54, 1.807) is 6.07 Å². The molecule has 0 saturated carbocycles. The van der Waals surface area contributed by atoms with Crippen LogP contribution in [-0.4, -0.2) is 5.91 Å². The van der Waals surface area contributed by atoms with Crippen LogP contribution in [0.4, 0.5) is 4.39 Å². The minimum Gasteiger partial charge on any atom is -0.359 e. The van der Waals surface area contributed by atoms with E-state index in [4.69, 9.17) is 11.0 Å². The van der Waals surface area contributed by atoms with Gasteiger partial charge in [0, 0.05) is 5.92 Å². The van der Waals surface area contributed by atoms with Gasteiger partial charge in [-0.05, 0) is 17.7 Å². The fourth-order valence-corrected chi connectivity index (χ4v) is 0.990. The maximum atomic E-state index is 13.3. The van der Waals surface area contributed by atoms with Gasteiger partial charge in [-0.15, -0.1) is 0 Å². The number of nitriles is 1. The third-order valence-electron chi connectivity index (χ3n) is 1.64. The van der Waals surface area contributed by atoms with Crippen molar-refractivity contribution in [3.8, 4) is 17.9 Å². The van der Waals surface area contributed by atoms with E-state index in [9.17, 15) is 9.18 Å². The number of primary amides is 1. The Morgan fingerprint density at radius 1 is 1.53 bits per heavy atom. The highest BCUT2D eigenvalue weighted by molar-refractivity contribution is 5.92. The van der Waals surface area contributed by atoms with Gasteiger partial charge in [-0.1, -0.05) is 12.0 Å². The van der Waals surface area contributed by atoms with E-state index in [-0.39, 0.29) is 12.0 Å². The summed E-state index contributed by atoms with van der Waals surface area (Å²) in [6.07, 6.45) is 0.139. The zero-order valence-corrected chi connectivity index (χ0v) is 7.75. The predicted molar refractivity (Wildman–Crippen MR) is 51.8 cm³/mol. The van der Waals surface area contributed by atoms with E-state index in [1.807, 2.05) is 12.0 Å². The normalized spacial score (nSPS) is 8.53. The van der Waals surface area contributed by atoms with Crippen LogP contribution in [0, 0.1) is 29.0 Å². The van der Waals surface area contributed by atoms with Crippen LogP contribution in [0.25, 0.3) is 0 Å². The maximum absolute atomic E-state index is 13.3. The van der Waals surface area contributed by atoms with Gasteiger partial charge in [-0.3, -0.25) is 4.79 Å². The first-order valence-corrected chi connectivity index (χ1v) is 4.10. The van der Waals surface area contributed by atoms with Gasteiger partial charge in [0.15, 0.2) is 0 Å². The fraction of sp³-hybridized carbons (Fsp3) is 0.0909. The summed E-state index contributed by atoms with van der Waals surface area (Å²) in [5.41, 5.74) is 5.45. The molecule has 0 fully saturated rings. The van der Waals surface area contributed by atoms with Gasteiger partial charge in [0.1, 0.15) is 5.82 Å². The van der Waals surface area contributed by atoms with Gasteiger partial charge in [0.2, 0.25) is 0 Å². The molecule has 1 amide bonds. The molecule has 0 aromatic heterocycles. The number of halogens is 1. The average molecular weight is 202 g/mol. The minimum absolute atomic E-state index is 0.0930. The summed E-state index contributed by atoms with van der Waals surface area (Å²) in [6, 6.07) is 6.12. The summed E-state index contributed by atoms with van der Waals surface area (Å²) < 4.78 is 13.3. The first-order valence-electron chi connectivity index (χ1n) is 4.10. The Bertz CT molecular complexity index is 492. The Morgan fingerprint density at radius 2 is 2.27 bits per heavy atom. The Kier molecular flexibility index (Phi) is 3.43. The van der Waals surface area contributed by atoms with Crippen LogP contribution in [0.5, 0.6) is 0 Å². The van der Waals surface area contributed by atoms with Crippen molar-refractivity contribution in [3.63, 3.8) is 0 Å². The number of carbonyl (C=O) groups is 1. The molecule has 1 rings (SSSR count). The third kappa shape index (κ3) is 3.13. The molecular weight excluding hydrogens is 195 g/mol. The maximum Gasteiger partial charge on any atom is 0.293 e. The molecular formula is C11H7FN2O. The van der Waals surface area contributed by atoms with E-state index in [2.05, 4.69) is 5.92 Å². The number of carbonyl (C=O) groups excluding carboxylic acids is 1. The van der Waals surface area contributed by atoms with Gasteiger partial charge < -0.3 is 5.73 Å². The fourth-order valence-electron chi connectivity index (χ4n) is 0.990. The molecule has 0 saturated heterocycles. The molecule has 0 atom stereocenters. The first-order chi connectivity index (χ1) is 7.13. The summed E-state index contributed by atoms with van der Waals surface area (Å²) in [6.45, 7) is 0. The second kappa shape index (κ2) is 4.78. The molecule has 0 aliphatic rings. The van der Waals surface area contributed by atoms with Crippen molar-refractivity contribution in [1.82, 2.24) is 0 Å². The zero-order valence-electron chi connectivity index (χ0n) is 7.75. The second-order valence-corrected chi connectivity index (χ2v) is 2.76. The van der Waals surface area contributed by atoms with Gasteiger partial charge in [0.05, 0.1) is 18.1 Å². The summed E-state index contributed by atoms with van der Waals surface area (Å²) in [5, 5.41) is 8.39. The first kappa shape index (κ1) is 10.7. The van der Waals surface area contributed by atoms with Crippen molar-refractivity contribution >= 4 is 5.91 Å². The van der Waals surface area contributed by atoms with Crippen LogP contribution in [0.2, 0.25) is 0 Å². The van der Waals surface area contributed by atoms with Crippen LogP contribution in [0.15, 0.2) is 18.2 Å². The van der Waals surface area contributed by atoms with E-state index in [0.717, 1.165) is 0 Å². The Morgan fingerprint density at radius 3 is 2.80 bits per heavy atom. The number of hydrogen-bond acceptors (Lipinski definition) is 2. The average Bonchev–Trinajstić information content (AvgIpc) is 2.17. The van der Waals surface area contributed by atoms with Crippen LogP contribution < -0.4 is 5.73 Å². The number of nitrogens with zero attached hydrogens (tertiary/aromatic N) is 1. The van der Waals surface area contributed by atoms with E-state index >= 15 is 0 Å². The van der Waals surface area contributed by atoms with Crippen molar-refractivity contribution < 1.29 is 9.18 Å². The molecule has 0 unspecified atom stereocenters. The third-order valence-corrected chi connectivity index (χ3v) is 1.64. The second-order valence-electron chi connectivity index (χ2n) is 2.76. The van der Waals surface area contributed by atoms with E-state index < -0.39 is 11.7 Å². The Hall–Kier alpha value is -2.33. The number of benzene rings is 1. The van der Waals surface area contributed by atoms with Gasteiger partial charge in [-0.25, -0.2) is 4.39 Å². The number of nitrogens with two attached hydrogens (primary N) is 1. The smallest absolute Gasteiger partial charge is 0.293 e. The number of amides is 1. The molecule has 1 aromatic rings. The highest BCUT2D eigenvalue weighted by atomic mass is 19.1. The molecule has 0 spiro atoms. The van der Waals surface area contributed by atoms with Crippen molar-refractivity contribution in [2.75, 3.05) is 0 Å².